The van der Waals surface area contributed by atoms with Crippen LogP contribution in [0.5, 0.6) is 0 Å². The third-order valence-corrected chi connectivity index (χ3v) is 2.06. The van der Waals surface area contributed by atoms with Crippen LogP contribution in [0.3, 0.4) is 0 Å². The van der Waals surface area contributed by atoms with Crippen LogP contribution in [0.1, 0.15) is 19.4 Å². The van der Waals surface area contributed by atoms with Crippen molar-refractivity contribution in [2.75, 3.05) is 18.0 Å². The third kappa shape index (κ3) is 2.45. The lowest BCUT2D eigenvalue weighted by molar-refractivity contribution is 0.322. The van der Waals surface area contributed by atoms with E-state index in [4.69, 9.17) is 5.21 Å². The molecule has 0 radical (unpaired) electrons. The Bertz CT molecular complexity index is 291. The van der Waals surface area contributed by atoms with Crippen molar-refractivity contribution >= 4 is 12.0 Å². The van der Waals surface area contributed by atoms with Crippen molar-refractivity contribution < 1.29 is 5.21 Å². The Morgan fingerprint density at radius 3 is 2.57 bits per heavy atom. The highest BCUT2D eigenvalue weighted by Crippen LogP contribution is 2.09. The van der Waals surface area contributed by atoms with Gasteiger partial charge in [0.1, 0.15) is 5.82 Å². The minimum Gasteiger partial charge on any atom is -0.411 e. The maximum Gasteiger partial charge on any atom is 0.128 e. The van der Waals surface area contributed by atoms with Crippen LogP contribution in [0, 0.1) is 0 Å². The molecule has 0 atom stereocenters. The standard InChI is InChI=1S/C10H15N3O/c1-3-13(4-2)10-6-5-9(7-11-10)8-12-14/h5-8,14H,3-4H2,1-2H3/b12-8+. The second-order valence-corrected chi connectivity index (χ2v) is 2.87. The molecule has 0 aliphatic carbocycles. The predicted octanol–water partition coefficient (Wildman–Crippen LogP) is 1.74. The van der Waals surface area contributed by atoms with Gasteiger partial charge in [0.15, 0.2) is 0 Å². The number of pyridine rings is 1. The van der Waals surface area contributed by atoms with Crippen LogP contribution >= 0.6 is 0 Å². The van der Waals surface area contributed by atoms with E-state index in [2.05, 4.69) is 28.9 Å². The molecular formula is C10H15N3O. The monoisotopic (exact) mass is 193 g/mol. The molecule has 1 aromatic rings. The van der Waals surface area contributed by atoms with Crippen molar-refractivity contribution in [1.82, 2.24) is 4.98 Å². The van der Waals surface area contributed by atoms with Crippen LogP contribution in [0.2, 0.25) is 0 Å². The maximum absolute atomic E-state index is 8.32. The molecule has 0 aliphatic rings. The lowest BCUT2D eigenvalue weighted by Gasteiger charge is -2.19. The zero-order valence-corrected chi connectivity index (χ0v) is 8.51. The first-order valence-electron chi connectivity index (χ1n) is 4.70. The molecule has 0 saturated heterocycles. The third-order valence-electron chi connectivity index (χ3n) is 2.06. The number of anilines is 1. The van der Waals surface area contributed by atoms with Crippen molar-refractivity contribution in [3.05, 3.63) is 23.9 Å². The van der Waals surface area contributed by atoms with Crippen molar-refractivity contribution in [1.29, 1.82) is 0 Å². The molecule has 1 rings (SSSR count). The number of oxime groups is 1. The summed E-state index contributed by atoms with van der Waals surface area (Å²) in [5.74, 6) is 0.949. The SMILES string of the molecule is CCN(CC)c1ccc(/C=N/O)cn1. The summed E-state index contributed by atoms with van der Waals surface area (Å²) >= 11 is 0. The Kier molecular flexibility index (Phi) is 3.91. The molecule has 0 aromatic carbocycles. The molecule has 0 unspecified atom stereocenters. The minimum atomic E-state index is 0.795. The van der Waals surface area contributed by atoms with E-state index in [1.807, 2.05) is 12.1 Å². The average Bonchev–Trinajstić information content (AvgIpc) is 2.23. The fourth-order valence-electron chi connectivity index (χ4n) is 1.28. The van der Waals surface area contributed by atoms with Gasteiger partial charge in [0.2, 0.25) is 0 Å². The predicted molar refractivity (Wildman–Crippen MR) is 57.2 cm³/mol. The van der Waals surface area contributed by atoms with Crippen molar-refractivity contribution in [3.8, 4) is 0 Å². The van der Waals surface area contributed by atoms with Gasteiger partial charge in [0, 0.05) is 24.8 Å². The first-order valence-corrected chi connectivity index (χ1v) is 4.70. The van der Waals surface area contributed by atoms with Gasteiger partial charge in [-0.3, -0.25) is 0 Å². The van der Waals surface area contributed by atoms with E-state index in [0.717, 1.165) is 24.5 Å². The molecule has 4 heteroatoms. The van der Waals surface area contributed by atoms with E-state index < -0.39 is 0 Å². The molecule has 1 N–H and O–H groups in total. The van der Waals surface area contributed by atoms with E-state index in [0.29, 0.717) is 0 Å². The molecule has 1 aromatic heterocycles. The molecular weight excluding hydrogens is 178 g/mol. The Hall–Kier alpha value is -1.58. The summed E-state index contributed by atoms with van der Waals surface area (Å²) in [6, 6.07) is 3.80. The van der Waals surface area contributed by atoms with E-state index in [1.54, 1.807) is 6.20 Å². The normalized spacial score (nSPS) is 10.7. The van der Waals surface area contributed by atoms with E-state index in [1.165, 1.54) is 6.21 Å². The number of aromatic nitrogens is 1. The van der Waals surface area contributed by atoms with Crippen LogP contribution < -0.4 is 4.90 Å². The molecule has 0 saturated carbocycles. The summed E-state index contributed by atoms with van der Waals surface area (Å²) in [7, 11) is 0. The van der Waals surface area contributed by atoms with Crippen LogP contribution in [-0.4, -0.2) is 29.5 Å². The van der Waals surface area contributed by atoms with Gasteiger partial charge in [-0.25, -0.2) is 4.98 Å². The van der Waals surface area contributed by atoms with Gasteiger partial charge < -0.3 is 10.1 Å². The van der Waals surface area contributed by atoms with Crippen LogP contribution in [0.25, 0.3) is 0 Å². The van der Waals surface area contributed by atoms with Gasteiger partial charge in [0.25, 0.3) is 0 Å². The van der Waals surface area contributed by atoms with Crippen molar-refractivity contribution in [2.24, 2.45) is 5.16 Å². The molecule has 14 heavy (non-hydrogen) atoms. The summed E-state index contributed by atoms with van der Waals surface area (Å²) < 4.78 is 0. The van der Waals surface area contributed by atoms with E-state index in [9.17, 15) is 0 Å². The highest BCUT2D eigenvalue weighted by molar-refractivity contribution is 5.78. The molecule has 0 fully saturated rings. The van der Waals surface area contributed by atoms with Crippen molar-refractivity contribution in [2.45, 2.75) is 13.8 Å². The molecule has 0 spiro atoms. The van der Waals surface area contributed by atoms with Gasteiger partial charge in [-0.2, -0.15) is 0 Å². The lowest BCUT2D eigenvalue weighted by atomic mass is 10.3. The Morgan fingerprint density at radius 2 is 2.14 bits per heavy atom. The number of hydrogen-bond acceptors (Lipinski definition) is 4. The number of nitrogens with zero attached hydrogens (tertiary/aromatic N) is 3. The first-order chi connectivity index (χ1) is 6.81. The second-order valence-electron chi connectivity index (χ2n) is 2.87. The quantitative estimate of drug-likeness (QED) is 0.450. The Morgan fingerprint density at radius 1 is 1.43 bits per heavy atom. The van der Waals surface area contributed by atoms with Crippen LogP contribution in [0.4, 0.5) is 5.82 Å². The largest absolute Gasteiger partial charge is 0.411 e. The highest BCUT2D eigenvalue weighted by Gasteiger charge is 2.01. The Balaban J connectivity index is 2.81. The molecule has 4 nitrogen and oxygen atoms in total. The van der Waals surface area contributed by atoms with E-state index in [-0.39, 0.29) is 0 Å². The zero-order chi connectivity index (χ0) is 10.4. The van der Waals surface area contributed by atoms with Crippen LogP contribution in [0.15, 0.2) is 23.5 Å². The Labute approximate surface area is 83.9 Å². The average molecular weight is 193 g/mol. The zero-order valence-electron chi connectivity index (χ0n) is 8.51. The minimum absolute atomic E-state index is 0.795. The summed E-state index contributed by atoms with van der Waals surface area (Å²) in [4.78, 5) is 6.42. The molecule has 0 amide bonds. The summed E-state index contributed by atoms with van der Waals surface area (Å²) in [5, 5.41) is 11.3. The number of hydrogen-bond donors (Lipinski definition) is 1. The highest BCUT2D eigenvalue weighted by atomic mass is 16.4. The van der Waals surface area contributed by atoms with Crippen LogP contribution in [-0.2, 0) is 0 Å². The summed E-state index contributed by atoms with van der Waals surface area (Å²) in [6.45, 7) is 6.07. The smallest absolute Gasteiger partial charge is 0.128 e. The lowest BCUT2D eigenvalue weighted by Crippen LogP contribution is -2.22. The fraction of sp³-hybridized carbons (Fsp3) is 0.400. The molecule has 1 heterocycles. The first kappa shape index (κ1) is 10.5. The summed E-state index contributed by atoms with van der Waals surface area (Å²) in [6.07, 6.45) is 3.05. The molecule has 76 valence electrons. The van der Waals surface area contributed by atoms with Gasteiger partial charge in [-0.05, 0) is 26.0 Å². The summed E-state index contributed by atoms with van der Waals surface area (Å²) in [5.41, 5.74) is 0.795. The second kappa shape index (κ2) is 5.21. The number of rotatable bonds is 4. The van der Waals surface area contributed by atoms with Gasteiger partial charge >= 0.3 is 0 Å². The van der Waals surface area contributed by atoms with Gasteiger partial charge in [0.05, 0.1) is 6.21 Å². The maximum atomic E-state index is 8.32. The topological polar surface area (TPSA) is 48.7 Å². The fourth-order valence-corrected chi connectivity index (χ4v) is 1.28. The molecule has 0 aliphatic heterocycles. The van der Waals surface area contributed by atoms with Gasteiger partial charge in [-0.15, -0.1) is 0 Å². The van der Waals surface area contributed by atoms with Gasteiger partial charge in [-0.1, -0.05) is 5.16 Å². The molecule has 0 bridgehead atoms. The van der Waals surface area contributed by atoms with E-state index >= 15 is 0 Å². The van der Waals surface area contributed by atoms with Crippen molar-refractivity contribution in [3.63, 3.8) is 0 Å².